The minimum absolute atomic E-state index is 0.0944. The molecule has 1 heterocycles. The number of carbonyl (C=O) groups is 1. The highest BCUT2D eigenvalue weighted by Gasteiger charge is 2.63. The van der Waals surface area contributed by atoms with Crippen molar-refractivity contribution in [3.8, 4) is 0 Å². The minimum Gasteiger partial charge on any atom is -0.355 e. The second kappa shape index (κ2) is 7.41. The van der Waals surface area contributed by atoms with Gasteiger partial charge >= 0.3 is 12.4 Å². The van der Waals surface area contributed by atoms with Crippen LogP contribution >= 0.6 is 0 Å². The number of nitrogens with one attached hydrogen (secondary N) is 1. The lowest BCUT2D eigenvalue weighted by Gasteiger charge is -2.16. The average molecular weight is 400 g/mol. The van der Waals surface area contributed by atoms with E-state index in [1.165, 1.54) is 0 Å². The summed E-state index contributed by atoms with van der Waals surface area (Å²) in [5, 5.41) is 8.22. The molecule has 3 N–H and O–H groups in total. The maximum absolute atomic E-state index is 13.9. The number of nitrogens with zero attached hydrogens (tertiary/aromatic N) is 2. The molecule has 0 aliphatic carbocycles. The first-order chi connectivity index (χ1) is 12.4. The Morgan fingerprint density at radius 3 is 2.33 bits per heavy atom. The first kappa shape index (κ1) is 21.1. The molecule has 0 radical (unpaired) electrons. The number of hydrogen-bond acceptors (Lipinski definition) is 4. The smallest absolute Gasteiger partial charge is 0.355 e. The zero-order valence-electron chi connectivity index (χ0n) is 13.7. The first-order valence-corrected chi connectivity index (χ1v) is 7.76. The Kier molecular flexibility index (Phi) is 5.78. The Morgan fingerprint density at radius 2 is 1.81 bits per heavy atom. The van der Waals surface area contributed by atoms with Gasteiger partial charge in [0, 0.05) is 13.0 Å². The van der Waals surface area contributed by atoms with E-state index in [9.17, 15) is 35.5 Å². The van der Waals surface area contributed by atoms with Crippen molar-refractivity contribution in [1.29, 1.82) is 0 Å². The number of amides is 1. The van der Waals surface area contributed by atoms with Gasteiger partial charge in [-0.15, -0.1) is 10.2 Å². The number of halogens is 7. The van der Waals surface area contributed by atoms with E-state index >= 15 is 0 Å². The Hall–Kier alpha value is -2.24. The molecule has 12 heteroatoms. The Morgan fingerprint density at radius 1 is 1.19 bits per heavy atom. The second-order valence-corrected chi connectivity index (χ2v) is 6.00. The summed E-state index contributed by atoms with van der Waals surface area (Å²) < 4.78 is 89.7. The summed E-state index contributed by atoms with van der Waals surface area (Å²) in [5.74, 6) is -2.34. The maximum atomic E-state index is 13.9. The summed E-state index contributed by atoms with van der Waals surface area (Å²) in [6, 6.07) is 1.26. The van der Waals surface area contributed by atoms with Crippen molar-refractivity contribution >= 4 is 5.91 Å². The Bertz CT molecular complexity index is 724. The number of rotatable bonds is 7. The van der Waals surface area contributed by atoms with E-state index < -0.39 is 54.2 Å². The van der Waals surface area contributed by atoms with Crippen LogP contribution in [0.3, 0.4) is 0 Å². The number of hydrogen-bond donors (Lipinski definition) is 2. The van der Waals surface area contributed by atoms with Gasteiger partial charge in [0.05, 0.1) is 11.6 Å². The van der Waals surface area contributed by atoms with Gasteiger partial charge in [-0.1, -0.05) is 12.1 Å². The van der Waals surface area contributed by atoms with E-state index in [0.29, 0.717) is 6.07 Å². The number of benzene rings is 1. The number of carbonyl (C=O) groups excluding carboxylic acids is 1. The average Bonchev–Trinajstić information content (AvgIpc) is 3.33. The van der Waals surface area contributed by atoms with Crippen LogP contribution in [-0.2, 0) is 17.4 Å². The monoisotopic (exact) mass is 400 g/mol. The molecule has 150 valence electrons. The molecule has 0 aromatic heterocycles. The fourth-order valence-electron chi connectivity index (χ4n) is 2.38. The molecule has 1 aliphatic heterocycles. The third-order valence-electron chi connectivity index (χ3n) is 3.96. The summed E-state index contributed by atoms with van der Waals surface area (Å²) >= 11 is 0. The molecule has 1 aliphatic rings. The molecule has 0 fully saturated rings. The van der Waals surface area contributed by atoms with Crippen LogP contribution in [-0.4, -0.2) is 30.3 Å². The van der Waals surface area contributed by atoms with Crippen LogP contribution in [0.25, 0.3) is 0 Å². The summed E-state index contributed by atoms with van der Waals surface area (Å²) in [6.45, 7) is -0.166. The van der Waals surface area contributed by atoms with Crippen molar-refractivity contribution in [1.82, 2.24) is 5.32 Å². The second-order valence-electron chi connectivity index (χ2n) is 6.00. The molecule has 0 saturated heterocycles. The van der Waals surface area contributed by atoms with Crippen LogP contribution < -0.4 is 11.1 Å². The van der Waals surface area contributed by atoms with E-state index in [4.69, 9.17) is 5.73 Å². The zero-order chi connectivity index (χ0) is 20.5. The highest BCUT2D eigenvalue weighted by molar-refractivity contribution is 5.81. The van der Waals surface area contributed by atoms with Gasteiger partial charge in [-0.2, -0.15) is 26.3 Å². The molecular weight excluding hydrogens is 385 g/mol. The first-order valence-electron chi connectivity index (χ1n) is 7.76. The number of alkyl halides is 6. The van der Waals surface area contributed by atoms with Crippen LogP contribution in [0.5, 0.6) is 0 Å². The molecule has 5 nitrogen and oxygen atoms in total. The van der Waals surface area contributed by atoms with E-state index in [1.807, 2.05) is 0 Å². The SMILES string of the molecule is NC(Cc1cccc(C(F)(F)F)c1F)C(=O)NCCCC1(C(F)(F)F)N=N1. The highest BCUT2D eigenvalue weighted by atomic mass is 19.4. The topological polar surface area (TPSA) is 79.8 Å². The summed E-state index contributed by atoms with van der Waals surface area (Å²) in [6.07, 6.45) is -10.5. The maximum Gasteiger partial charge on any atom is 0.437 e. The molecule has 0 spiro atoms. The van der Waals surface area contributed by atoms with Gasteiger partial charge in [0.15, 0.2) is 0 Å². The minimum atomic E-state index is -4.89. The Labute approximate surface area is 148 Å². The Balaban J connectivity index is 1.84. The lowest BCUT2D eigenvalue weighted by Crippen LogP contribution is -2.43. The molecule has 1 amide bonds. The predicted octanol–water partition coefficient (Wildman–Crippen LogP) is 3.34. The standard InChI is InChI=1S/C15H15F7N4O/c16-11-8(3-1-4-9(11)14(17,18)19)7-10(23)12(27)24-6-2-5-13(25-26-13)15(20,21)22/h1,3-4,10H,2,5-7,23H2,(H,24,27). The summed E-state index contributed by atoms with van der Waals surface area (Å²) in [4.78, 5) is 11.8. The summed E-state index contributed by atoms with van der Waals surface area (Å²) in [7, 11) is 0. The lowest BCUT2D eigenvalue weighted by atomic mass is 10.0. The van der Waals surface area contributed by atoms with E-state index in [-0.39, 0.29) is 18.5 Å². The van der Waals surface area contributed by atoms with Crippen molar-refractivity contribution < 1.29 is 35.5 Å². The predicted molar refractivity (Wildman–Crippen MR) is 79.0 cm³/mol. The molecule has 0 saturated carbocycles. The van der Waals surface area contributed by atoms with E-state index in [0.717, 1.165) is 12.1 Å². The molecule has 2 rings (SSSR count). The van der Waals surface area contributed by atoms with Crippen LogP contribution in [0.15, 0.2) is 28.4 Å². The summed E-state index contributed by atoms with van der Waals surface area (Å²) in [5.41, 5.74) is 1.27. The van der Waals surface area contributed by atoms with Gasteiger partial charge in [0.1, 0.15) is 5.82 Å². The molecular formula is C15H15F7N4O. The van der Waals surface area contributed by atoms with Crippen LogP contribution in [0.4, 0.5) is 30.7 Å². The van der Waals surface area contributed by atoms with Gasteiger partial charge in [-0.25, -0.2) is 4.39 Å². The van der Waals surface area contributed by atoms with Crippen LogP contribution in [0.2, 0.25) is 0 Å². The third-order valence-corrected chi connectivity index (χ3v) is 3.96. The number of nitrogens with two attached hydrogens (primary N) is 1. The van der Waals surface area contributed by atoms with Crippen molar-refractivity contribution in [2.45, 2.75) is 43.3 Å². The normalized spacial score (nSPS) is 16.9. The van der Waals surface area contributed by atoms with Gasteiger partial charge < -0.3 is 11.1 Å². The molecule has 27 heavy (non-hydrogen) atoms. The molecule has 1 unspecified atom stereocenters. The fourth-order valence-corrected chi connectivity index (χ4v) is 2.38. The van der Waals surface area contributed by atoms with Gasteiger partial charge in [-0.3, -0.25) is 4.79 Å². The van der Waals surface area contributed by atoms with Crippen molar-refractivity contribution in [3.63, 3.8) is 0 Å². The van der Waals surface area contributed by atoms with E-state index in [2.05, 4.69) is 15.5 Å². The van der Waals surface area contributed by atoms with Crippen molar-refractivity contribution in [3.05, 3.63) is 35.1 Å². The zero-order valence-corrected chi connectivity index (χ0v) is 13.7. The van der Waals surface area contributed by atoms with E-state index in [1.54, 1.807) is 0 Å². The quantitative estimate of drug-likeness (QED) is 0.544. The van der Waals surface area contributed by atoms with Crippen molar-refractivity contribution in [2.75, 3.05) is 6.54 Å². The molecule has 1 aromatic rings. The molecule has 1 aromatic carbocycles. The largest absolute Gasteiger partial charge is 0.437 e. The van der Waals surface area contributed by atoms with Crippen molar-refractivity contribution in [2.24, 2.45) is 16.0 Å². The fraction of sp³-hybridized carbons (Fsp3) is 0.533. The van der Waals surface area contributed by atoms with Crippen LogP contribution in [0, 0.1) is 5.82 Å². The van der Waals surface area contributed by atoms with Crippen LogP contribution in [0.1, 0.15) is 24.0 Å². The van der Waals surface area contributed by atoms with Gasteiger partial charge in [0.25, 0.3) is 5.66 Å². The molecule has 0 bridgehead atoms. The van der Waals surface area contributed by atoms with Gasteiger partial charge in [-0.05, 0) is 24.5 Å². The molecule has 1 atom stereocenters. The van der Waals surface area contributed by atoms with Gasteiger partial charge in [0.2, 0.25) is 5.91 Å². The lowest BCUT2D eigenvalue weighted by molar-refractivity contribution is -0.165. The highest BCUT2D eigenvalue weighted by Crippen LogP contribution is 2.47. The third kappa shape index (κ3) is 4.93.